The van der Waals surface area contributed by atoms with Crippen LogP contribution in [0.1, 0.15) is 4.88 Å². The molecule has 0 spiro atoms. The third-order valence-corrected chi connectivity index (χ3v) is 4.09. The van der Waals surface area contributed by atoms with E-state index < -0.39 is 0 Å². The summed E-state index contributed by atoms with van der Waals surface area (Å²) in [6, 6.07) is 4.21. The van der Waals surface area contributed by atoms with Gasteiger partial charge in [-0.3, -0.25) is 0 Å². The minimum absolute atomic E-state index is 0.473. The summed E-state index contributed by atoms with van der Waals surface area (Å²) in [5.74, 6) is 0.473. The molecule has 0 fully saturated rings. The molecule has 0 atom stereocenters. The third kappa shape index (κ3) is 2.14. The fourth-order valence-corrected chi connectivity index (χ4v) is 3.30. The van der Waals surface area contributed by atoms with Crippen molar-refractivity contribution in [2.24, 2.45) is 7.05 Å². The highest BCUT2D eigenvalue weighted by Gasteiger charge is 2.16. The van der Waals surface area contributed by atoms with Gasteiger partial charge in [0, 0.05) is 18.5 Å². The molecule has 0 saturated carbocycles. The van der Waals surface area contributed by atoms with Gasteiger partial charge < -0.3 is 10.6 Å². The van der Waals surface area contributed by atoms with E-state index in [9.17, 15) is 0 Å². The van der Waals surface area contributed by atoms with Crippen molar-refractivity contribution in [3.63, 3.8) is 0 Å². The number of thiophene rings is 1. The smallest absolute Gasteiger partial charge is 0.163 e. The van der Waals surface area contributed by atoms with Gasteiger partial charge in [-0.05, 0) is 26.2 Å². The van der Waals surface area contributed by atoms with E-state index in [2.05, 4.69) is 46.2 Å². The van der Waals surface area contributed by atoms with Gasteiger partial charge in [-0.1, -0.05) is 0 Å². The van der Waals surface area contributed by atoms with E-state index in [0.29, 0.717) is 5.82 Å². The Morgan fingerprint density at radius 1 is 1.30 bits per heavy atom. The number of aryl methyl sites for hydroxylation is 1. The van der Waals surface area contributed by atoms with E-state index in [1.54, 1.807) is 16.0 Å². The lowest BCUT2D eigenvalue weighted by Gasteiger charge is -2.05. The summed E-state index contributed by atoms with van der Waals surface area (Å²) in [5, 5.41) is 5.37. The average Bonchev–Trinajstić information content (AvgIpc) is 2.95. The largest absolute Gasteiger partial charge is 0.383 e. The van der Waals surface area contributed by atoms with E-state index in [4.69, 9.17) is 5.73 Å². The Bertz CT molecular complexity index is 757. The molecule has 6 nitrogen and oxygen atoms in total. The number of rotatable bonds is 3. The van der Waals surface area contributed by atoms with Crippen LogP contribution in [0.15, 0.2) is 18.5 Å². The van der Waals surface area contributed by atoms with E-state index in [1.807, 2.05) is 7.05 Å². The molecule has 2 N–H and O–H groups in total. The fourth-order valence-electron chi connectivity index (χ4n) is 2.18. The summed E-state index contributed by atoms with van der Waals surface area (Å²) in [4.78, 5) is 12.8. The number of anilines is 1. The molecule has 0 unspecified atom stereocenters. The second-order valence-corrected chi connectivity index (χ2v) is 6.10. The molecule has 0 amide bonds. The normalized spacial score (nSPS) is 11.6. The van der Waals surface area contributed by atoms with Crippen molar-refractivity contribution in [3.8, 4) is 10.6 Å². The first kappa shape index (κ1) is 13.0. The molecular formula is C13H16N6S. The second kappa shape index (κ2) is 4.84. The van der Waals surface area contributed by atoms with Crippen LogP contribution in [0.4, 0.5) is 5.82 Å². The maximum absolute atomic E-state index is 5.99. The molecule has 3 aromatic rings. The van der Waals surface area contributed by atoms with Crippen molar-refractivity contribution in [2.45, 2.75) is 6.54 Å². The van der Waals surface area contributed by atoms with Gasteiger partial charge in [-0.2, -0.15) is 5.10 Å². The Morgan fingerprint density at radius 3 is 2.85 bits per heavy atom. The molecule has 7 heteroatoms. The zero-order valence-corrected chi connectivity index (χ0v) is 12.5. The van der Waals surface area contributed by atoms with Crippen LogP contribution in [0, 0.1) is 0 Å². The van der Waals surface area contributed by atoms with Crippen molar-refractivity contribution in [3.05, 3.63) is 23.3 Å². The molecule has 0 aliphatic heterocycles. The Morgan fingerprint density at radius 2 is 2.10 bits per heavy atom. The van der Waals surface area contributed by atoms with E-state index >= 15 is 0 Å². The first-order chi connectivity index (χ1) is 9.56. The highest BCUT2D eigenvalue weighted by molar-refractivity contribution is 7.15. The van der Waals surface area contributed by atoms with Gasteiger partial charge in [0.1, 0.15) is 17.8 Å². The minimum atomic E-state index is 0.473. The molecule has 20 heavy (non-hydrogen) atoms. The molecule has 0 aliphatic rings. The van der Waals surface area contributed by atoms with Gasteiger partial charge in [0.25, 0.3) is 0 Å². The fraction of sp³-hybridized carbons (Fsp3) is 0.308. The van der Waals surface area contributed by atoms with Crippen LogP contribution >= 0.6 is 11.3 Å². The molecule has 3 aromatic heterocycles. The number of hydrogen-bond donors (Lipinski definition) is 1. The summed E-state index contributed by atoms with van der Waals surface area (Å²) >= 11 is 1.72. The topological polar surface area (TPSA) is 72.9 Å². The molecular weight excluding hydrogens is 272 g/mol. The molecule has 0 aliphatic carbocycles. The van der Waals surface area contributed by atoms with Gasteiger partial charge >= 0.3 is 0 Å². The maximum Gasteiger partial charge on any atom is 0.163 e. The Balaban J connectivity index is 2.12. The van der Waals surface area contributed by atoms with Crippen LogP contribution < -0.4 is 5.73 Å². The summed E-state index contributed by atoms with van der Waals surface area (Å²) in [6.45, 7) is 0.918. The molecule has 104 valence electrons. The SMILES string of the molecule is CN(C)Cc1ccc(-c2nn(C)c3ncnc(N)c23)s1. The van der Waals surface area contributed by atoms with Crippen LogP contribution in [-0.2, 0) is 13.6 Å². The quantitative estimate of drug-likeness (QED) is 0.794. The average molecular weight is 288 g/mol. The molecule has 3 rings (SSSR count). The van der Waals surface area contributed by atoms with Crippen LogP contribution in [0.5, 0.6) is 0 Å². The summed E-state index contributed by atoms with van der Waals surface area (Å²) in [5.41, 5.74) is 7.60. The van der Waals surface area contributed by atoms with Crippen molar-refractivity contribution >= 4 is 28.2 Å². The number of aromatic nitrogens is 4. The van der Waals surface area contributed by atoms with Gasteiger partial charge in [-0.15, -0.1) is 11.3 Å². The van der Waals surface area contributed by atoms with Crippen LogP contribution in [0.25, 0.3) is 21.6 Å². The Kier molecular flexibility index (Phi) is 3.15. The number of hydrogen-bond acceptors (Lipinski definition) is 6. The van der Waals surface area contributed by atoms with Gasteiger partial charge in [0.2, 0.25) is 0 Å². The number of fused-ring (bicyclic) bond motifs is 1. The first-order valence-electron chi connectivity index (χ1n) is 6.23. The molecule has 0 saturated heterocycles. The summed E-state index contributed by atoms with van der Waals surface area (Å²) < 4.78 is 1.74. The Hall–Kier alpha value is -1.99. The molecule has 0 aromatic carbocycles. The van der Waals surface area contributed by atoms with Gasteiger partial charge in [-0.25, -0.2) is 14.6 Å². The minimum Gasteiger partial charge on any atom is -0.383 e. The summed E-state index contributed by atoms with van der Waals surface area (Å²) in [6.07, 6.45) is 1.47. The lowest BCUT2D eigenvalue weighted by molar-refractivity contribution is 0.406. The Labute approximate surface area is 120 Å². The zero-order chi connectivity index (χ0) is 14.3. The number of nitrogens with zero attached hydrogens (tertiary/aromatic N) is 5. The number of nitrogen functional groups attached to an aromatic ring is 1. The predicted octanol–water partition coefficient (Wildman–Crippen LogP) is 1.74. The van der Waals surface area contributed by atoms with Crippen molar-refractivity contribution in [2.75, 3.05) is 19.8 Å². The van der Waals surface area contributed by atoms with Crippen LogP contribution in [-0.4, -0.2) is 38.7 Å². The zero-order valence-electron chi connectivity index (χ0n) is 11.7. The molecule has 0 bridgehead atoms. The van der Waals surface area contributed by atoms with E-state index in [-0.39, 0.29) is 0 Å². The van der Waals surface area contributed by atoms with E-state index in [0.717, 1.165) is 28.1 Å². The van der Waals surface area contributed by atoms with Crippen molar-refractivity contribution in [1.29, 1.82) is 0 Å². The van der Waals surface area contributed by atoms with Crippen LogP contribution in [0.3, 0.4) is 0 Å². The lowest BCUT2D eigenvalue weighted by Crippen LogP contribution is -2.09. The van der Waals surface area contributed by atoms with E-state index in [1.165, 1.54) is 11.2 Å². The van der Waals surface area contributed by atoms with Gasteiger partial charge in [0.05, 0.1) is 10.3 Å². The van der Waals surface area contributed by atoms with Crippen LogP contribution in [0.2, 0.25) is 0 Å². The highest BCUT2D eigenvalue weighted by Crippen LogP contribution is 2.34. The monoisotopic (exact) mass is 288 g/mol. The lowest BCUT2D eigenvalue weighted by atomic mass is 10.2. The second-order valence-electron chi connectivity index (χ2n) is 4.93. The van der Waals surface area contributed by atoms with Crippen molar-refractivity contribution in [1.82, 2.24) is 24.6 Å². The first-order valence-corrected chi connectivity index (χ1v) is 7.05. The summed E-state index contributed by atoms with van der Waals surface area (Å²) in [7, 11) is 5.98. The molecule has 3 heterocycles. The maximum atomic E-state index is 5.99. The highest BCUT2D eigenvalue weighted by atomic mass is 32.1. The standard InChI is InChI=1S/C13H16N6S/c1-18(2)6-8-4-5-9(20-8)11-10-12(14)15-7-16-13(10)19(3)17-11/h4-5,7H,6H2,1-3H3,(H2,14,15,16). The molecule has 0 radical (unpaired) electrons. The van der Waals surface area contributed by atoms with Gasteiger partial charge in [0.15, 0.2) is 5.65 Å². The third-order valence-electron chi connectivity index (χ3n) is 3.02. The number of nitrogens with two attached hydrogens (primary N) is 1. The van der Waals surface area contributed by atoms with Crippen molar-refractivity contribution < 1.29 is 0 Å². The predicted molar refractivity (Wildman–Crippen MR) is 81.4 cm³/mol.